The number of nitrogens with two attached hydrogens (primary N) is 1. The lowest BCUT2D eigenvalue weighted by Gasteiger charge is -2.06. The molecule has 0 saturated heterocycles. The first-order valence-electron chi connectivity index (χ1n) is 5.51. The first kappa shape index (κ1) is 13.4. The van der Waals surface area contributed by atoms with Crippen molar-refractivity contribution in [2.75, 3.05) is 5.43 Å². The topological polar surface area (TPSA) is 92.9 Å². The van der Waals surface area contributed by atoms with E-state index in [0.29, 0.717) is 12.4 Å². The van der Waals surface area contributed by atoms with Crippen molar-refractivity contribution >= 4 is 27.7 Å². The van der Waals surface area contributed by atoms with Crippen LogP contribution >= 0.6 is 15.9 Å². The first-order valence-corrected chi connectivity index (χ1v) is 6.30. The number of carbonyl (C=O) groups is 1. The molecular weight excluding hydrogens is 310 g/mol. The Balaban J connectivity index is 1.99. The van der Waals surface area contributed by atoms with E-state index in [1.165, 1.54) is 12.4 Å². The lowest BCUT2D eigenvalue weighted by Crippen LogP contribution is -2.24. The van der Waals surface area contributed by atoms with Crippen LogP contribution in [-0.2, 0) is 6.54 Å². The van der Waals surface area contributed by atoms with E-state index in [4.69, 9.17) is 5.84 Å². The number of amides is 1. The monoisotopic (exact) mass is 321 g/mol. The summed E-state index contributed by atoms with van der Waals surface area (Å²) in [6, 6.07) is 7.67. The number of rotatable bonds is 4. The molecule has 0 fully saturated rings. The van der Waals surface area contributed by atoms with Crippen molar-refractivity contribution < 1.29 is 4.79 Å². The van der Waals surface area contributed by atoms with Gasteiger partial charge < -0.3 is 10.7 Å². The van der Waals surface area contributed by atoms with Gasteiger partial charge in [0.25, 0.3) is 5.91 Å². The van der Waals surface area contributed by atoms with E-state index >= 15 is 0 Å². The van der Waals surface area contributed by atoms with Crippen LogP contribution in [0.2, 0.25) is 0 Å². The highest BCUT2D eigenvalue weighted by molar-refractivity contribution is 9.10. The predicted octanol–water partition coefficient (Wildman–Crippen LogP) is 1.45. The molecule has 1 amide bonds. The zero-order chi connectivity index (χ0) is 13.7. The van der Waals surface area contributed by atoms with Crippen molar-refractivity contribution in [3.8, 4) is 0 Å². The van der Waals surface area contributed by atoms with Crippen molar-refractivity contribution in [2.24, 2.45) is 5.84 Å². The standard InChI is InChI=1S/C12H12BrN5O/c13-9-4-2-1-3-8(9)5-17-12(19)10-6-16-11(18-14)7-15-10/h1-4,6-7H,5,14H2,(H,16,18)(H,17,19). The van der Waals surface area contributed by atoms with Crippen LogP contribution in [-0.4, -0.2) is 15.9 Å². The Morgan fingerprint density at radius 3 is 2.68 bits per heavy atom. The van der Waals surface area contributed by atoms with E-state index in [1.54, 1.807) is 0 Å². The van der Waals surface area contributed by atoms with E-state index in [1.807, 2.05) is 24.3 Å². The third kappa shape index (κ3) is 3.49. The average Bonchev–Trinajstić information content (AvgIpc) is 2.46. The number of nitrogens with one attached hydrogen (secondary N) is 2. The van der Waals surface area contributed by atoms with Gasteiger partial charge in [0.05, 0.1) is 12.4 Å². The van der Waals surface area contributed by atoms with Crippen molar-refractivity contribution in [3.63, 3.8) is 0 Å². The Morgan fingerprint density at radius 2 is 2.05 bits per heavy atom. The van der Waals surface area contributed by atoms with Crippen LogP contribution in [0.1, 0.15) is 16.1 Å². The van der Waals surface area contributed by atoms with Crippen molar-refractivity contribution in [1.29, 1.82) is 0 Å². The summed E-state index contributed by atoms with van der Waals surface area (Å²) >= 11 is 3.42. The minimum Gasteiger partial charge on any atom is -0.347 e. The van der Waals surface area contributed by atoms with E-state index in [2.05, 4.69) is 36.6 Å². The highest BCUT2D eigenvalue weighted by Crippen LogP contribution is 2.15. The SMILES string of the molecule is NNc1cnc(C(=O)NCc2ccccc2Br)cn1. The highest BCUT2D eigenvalue weighted by Gasteiger charge is 2.08. The smallest absolute Gasteiger partial charge is 0.271 e. The molecule has 19 heavy (non-hydrogen) atoms. The van der Waals surface area contributed by atoms with Crippen molar-refractivity contribution in [1.82, 2.24) is 15.3 Å². The molecule has 0 aliphatic heterocycles. The Kier molecular flexibility index (Phi) is 4.43. The van der Waals surface area contributed by atoms with Gasteiger partial charge in [-0.3, -0.25) is 4.79 Å². The summed E-state index contributed by atoms with van der Waals surface area (Å²) in [7, 11) is 0. The molecule has 0 aliphatic rings. The van der Waals surface area contributed by atoms with Gasteiger partial charge >= 0.3 is 0 Å². The molecule has 2 rings (SSSR count). The van der Waals surface area contributed by atoms with Gasteiger partial charge in [-0.1, -0.05) is 34.1 Å². The molecule has 0 spiro atoms. The van der Waals surface area contributed by atoms with Crippen LogP contribution in [0.25, 0.3) is 0 Å². The van der Waals surface area contributed by atoms with Gasteiger partial charge in [0.2, 0.25) is 0 Å². The molecule has 0 aliphatic carbocycles. The molecule has 2 aromatic rings. The molecule has 6 nitrogen and oxygen atoms in total. The van der Waals surface area contributed by atoms with Crippen molar-refractivity contribution in [2.45, 2.75) is 6.54 Å². The predicted molar refractivity (Wildman–Crippen MR) is 75.2 cm³/mol. The summed E-state index contributed by atoms with van der Waals surface area (Å²) in [5.41, 5.74) is 3.58. The number of aromatic nitrogens is 2. The summed E-state index contributed by atoms with van der Waals surface area (Å²) in [4.78, 5) is 19.7. The molecule has 0 unspecified atom stereocenters. The summed E-state index contributed by atoms with van der Waals surface area (Å²) < 4.78 is 0.948. The van der Waals surface area contributed by atoms with Crippen LogP contribution in [0.5, 0.6) is 0 Å². The lowest BCUT2D eigenvalue weighted by atomic mass is 10.2. The van der Waals surface area contributed by atoms with Gasteiger partial charge in [0.15, 0.2) is 5.82 Å². The zero-order valence-electron chi connectivity index (χ0n) is 9.93. The summed E-state index contributed by atoms with van der Waals surface area (Å²) in [5.74, 6) is 5.29. The molecule has 1 aromatic carbocycles. The maximum atomic E-state index is 11.8. The maximum Gasteiger partial charge on any atom is 0.271 e. The molecule has 4 N–H and O–H groups in total. The minimum absolute atomic E-state index is 0.242. The van der Waals surface area contributed by atoms with Crippen LogP contribution in [0.3, 0.4) is 0 Å². The molecule has 7 heteroatoms. The quantitative estimate of drug-likeness (QED) is 0.585. The fraction of sp³-hybridized carbons (Fsp3) is 0.0833. The van der Waals surface area contributed by atoms with Crippen LogP contribution in [0, 0.1) is 0 Å². The maximum absolute atomic E-state index is 11.8. The van der Waals surface area contributed by atoms with Gasteiger partial charge in [-0.2, -0.15) is 0 Å². The molecule has 98 valence electrons. The molecule has 1 aromatic heterocycles. The van der Waals surface area contributed by atoms with Gasteiger partial charge in [-0.05, 0) is 11.6 Å². The van der Waals surface area contributed by atoms with Gasteiger partial charge in [-0.15, -0.1) is 0 Å². The fourth-order valence-corrected chi connectivity index (χ4v) is 1.85. The number of hydrazine groups is 1. The highest BCUT2D eigenvalue weighted by atomic mass is 79.9. The van der Waals surface area contributed by atoms with Gasteiger partial charge in [0.1, 0.15) is 5.69 Å². The average molecular weight is 322 g/mol. The molecule has 0 atom stereocenters. The van der Waals surface area contributed by atoms with Crippen LogP contribution in [0.4, 0.5) is 5.82 Å². The van der Waals surface area contributed by atoms with Crippen LogP contribution in [0.15, 0.2) is 41.1 Å². The fourth-order valence-electron chi connectivity index (χ4n) is 1.43. The van der Waals surface area contributed by atoms with E-state index in [0.717, 1.165) is 10.0 Å². The largest absolute Gasteiger partial charge is 0.347 e. The zero-order valence-corrected chi connectivity index (χ0v) is 11.5. The Morgan fingerprint density at radius 1 is 1.26 bits per heavy atom. The van der Waals surface area contributed by atoms with E-state index in [9.17, 15) is 4.79 Å². The molecule has 0 bridgehead atoms. The second-order valence-corrected chi connectivity index (χ2v) is 4.56. The number of nitrogen functional groups attached to an aromatic ring is 1. The van der Waals surface area contributed by atoms with Gasteiger partial charge in [-0.25, -0.2) is 15.8 Å². The molecule has 1 heterocycles. The number of benzene rings is 1. The Labute approximate surface area is 118 Å². The number of hydrogen-bond donors (Lipinski definition) is 3. The molecule has 0 saturated carbocycles. The molecular formula is C12H12BrN5O. The normalized spacial score (nSPS) is 10.0. The third-order valence-electron chi connectivity index (χ3n) is 2.43. The Hall–Kier alpha value is -1.99. The van der Waals surface area contributed by atoms with Crippen molar-refractivity contribution in [3.05, 3.63) is 52.4 Å². The minimum atomic E-state index is -0.285. The van der Waals surface area contributed by atoms with E-state index in [-0.39, 0.29) is 11.6 Å². The summed E-state index contributed by atoms with van der Waals surface area (Å²) in [6.45, 7) is 0.416. The lowest BCUT2D eigenvalue weighted by molar-refractivity contribution is 0.0945. The Bertz CT molecular complexity index is 573. The van der Waals surface area contributed by atoms with Gasteiger partial charge in [0, 0.05) is 11.0 Å². The number of anilines is 1. The second kappa shape index (κ2) is 6.26. The first-order chi connectivity index (χ1) is 9.20. The van der Waals surface area contributed by atoms with E-state index < -0.39 is 0 Å². The number of hydrogen-bond acceptors (Lipinski definition) is 5. The molecule has 0 radical (unpaired) electrons. The number of carbonyl (C=O) groups excluding carboxylic acids is 1. The summed E-state index contributed by atoms with van der Waals surface area (Å²) in [6.07, 6.45) is 2.76. The summed E-state index contributed by atoms with van der Waals surface area (Å²) in [5, 5.41) is 2.77. The number of halogens is 1. The third-order valence-corrected chi connectivity index (χ3v) is 3.20. The van der Waals surface area contributed by atoms with Crippen LogP contribution < -0.4 is 16.6 Å². The second-order valence-electron chi connectivity index (χ2n) is 3.71. The number of nitrogens with zero attached hydrogens (tertiary/aromatic N) is 2.